The van der Waals surface area contributed by atoms with Gasteiger partial charge in [0.05, 0.1) is 0 Å². The van der Waals surface area contributed by atoms with E-state index in [1.54, 1.807) is 0 Å². The first-order valence-electron chi connectivity index (χ1n) is 4.74. The minimum absolute atomic E-state index is 1.12. The first kappa shape index (κ1) is 10.9. The molecule has 0 saturated carbocycles. The molecule has 0 unspecified atom stereocenters. The van der Waals surface area contributed by atoms with Crippen LogP contribution in [0.5, 0.6) is 0 Å². The van der Waals surface area contributed by atoms with Gasteiger partial charge >= 0.3 is 0 Å². The first-order valence-corrected chi connectivity index (χ1v) is 4.74. The minimum atomic E-state index is 1.12. The van der Waals surface area contributed by atoms with Crippen LogP contribution in [0.15, 0.2) is 0 Å². The van der Waals surface area contributed by atoms with Gasteiger partial charge in [-0.3, -0.25) is 0 Å². The van der Waals surface area contributed by atoms with Crippen LogP contribution in [-0.2, 0) is 0 Å². The highest BCUT2D eigenvalue weighted by atomic mass is 15.1. The zero-order valence-corrected chi connectivity index (χ0v) is 9.89. The van der Waals surface area contributed by atoms with Crippen molar-refractivity contribution in [2.75, 3.05) is 38.0 Å². The smallest absolute Gasteiger partial charge is 0.0481 e. The van der Waals surface area contributed by atoms with Gasteiger partial charge in [0.1, 0.15) is 0 Å². The van der Waals surface area contributed by atoms with Crippen molar-refractivity contribution in [1.82, 2.24) is 0 Å². The van der Waals surface area contributed by atoms with Crippen LogP contribution in [0.3, 0.4) is 0 Å². The number of hydrogen-bond acceptors (Lipinski definition) is 2. The molecule has 0 heterocycles. The number of aryl methyl sites for hydroxylation is 2. The maximum absolute atomic E-state index is 3.38. The van der Waals surface area contributed by atoms with Crippen molar-refractivity contribution in [3.8, 4) is 0 Å². The van der Waals surface area contributed by atoms with Crippen molar-refractivity contribution in [3.05, 3.63) is 23.3 Å². The summed E-state index contributed by atoms with van der Waals surface area (Å²) >= 11 is 0. The zero-order valence-electron chi connectivity index (χ0n) is 9.89. The van der Waals surface area contributed by atoms with E-state index in [1.807, 2.05) is 28.2 Å². The van der Waals surface area contributed by atoms with E-state index in [4.69, 9.17) is 0 Å². The quantitative estimate of drug-likeness (QED) is 0.704. The van der Waals surface area contributed by atoms with Crippen LogP contribution >= 0.6 is 0 Å². The zero-order chi connectivity index (χ0) is 10.9. The van der Waals surface area contributed by atoms with Crippen molar-refractivity contribution in [3.63, 3.8) is 0 Å². The standard InChI is InChI=1S/C12H18N2/c1-9-7-12(14(5)6)10(2)8-11(9)13(3)4/h1-6H3. The molecular weight excluding hydrogens is 172 g/mol. The van der Waals surface area contributed by atoms with Gasteiger partial charge in [0, 0.05) is 51.7 Å². The maximum Gasteiger partial charge on any atom is 0.0481 e. The van der Waals surface area contributed by atoms with Gasteiger partial charge in [-0.15, -0.1) is 0 Å². The molecule has 14 heavy (non-hydrogen) atoms. The van der Waals surface area contributed by atoms with Crippen LogP contribution in [0.2, 0.25) is 0 Å². The summed E-state index contributed by atoms with van der Waals surface area (Å²) in [6.45, 7) is 4.14. The lowest BCUT2D eigenvalue weighted by atomic mass is 10.1. The third-order valence-corrected chi connectivity index (χ3v) is 2.22. The molecule has 2 radical (unpaired) electrons. The van der Waals surface area contributed by atoms with Crippen LogP contribution in [-0.4, -0.2) is 28.2 Å². The Bertz CT molecular complexity index is 294. The summed E-state index contributed by atoms with van der Waals surface area (Å²) in [5, 5.41) is 0. The molecule has 76 valence electrons. The third kappa shape index (κ3) is 2.00. The summed E-state index contributed by atoms with van der Waals surface area (Å²) in [5.74, 6) is 0. The average molecular weight is 190 g/mol. The number of rotatable bonds is 2. The number of nitrogens with zero attached hydrogens (tertiary/aromatic N) is 2. The van der Waals surface area contributed by atoms with Crippen LogP contribution in [0.1, 0.15) is 11.1 Å². The fraction of sp³-hybridized carbons (Fsp3) is 0.500. The second-order valence-electron chi connectivity index (χ2n) is 3.99. The molecule has 0 aliphatic carbocycles. The molecule has 1 aromatic rings. The monoisotopic (exact) mass is 190 g/mol. The molecule has 0 aliphatic rings. The van der Waals surface area contributed by atoms with Gasteiger partial charge in [-0.05, 0) is 25.0 Å². The van der Waals surface area contributed by atoms with Gasteiger partial charge in [-0.25, -0.2) is 0 Å². The summed E-state index contributed by atoms with van der Waals surface area (Å²) in [5.41, 5.74) is 4.52. The van der Waals surface area contributed by atoms with Crippen LogP contribution in [0, 0.1) is 26.0 Å². The van der Waals surface area contributed by atoms with E-state index in [0.29, 0.717) is 0 Å². The molecule has 1 rings (SSSR count). The van der Waals surface area contributed by atoms with Crippen molar-refractivity contribution in [1.29, 1.82) is 0 Å². The Hall–Kier alpha value is -1.18. The summed E-state index contributed by atoms with van der Waals surface area (Å²) in [6.07, 6.45) is 0. The SMILES string of the molecule is Cc1[c]c(N(C)C)c(C)[c]c1N(C)C. The average Bonchev–Trinajstić information content (AvgIpc) is 2.07. The molecule has 0 atom stereocenters. The molecule has 2 heteroatoms. The van der Waals surface area contributed by atoms with E-state index in [0.717, 1.165) is 22.5 Å². The van der Waals surface area contributed by atoms with Crippen molar-refractivity contribution < 1.29 is 0 Å². The van der Waals surface area contributed by atoms with E-state index < -0.39 is 0 Å². The predicted molar refractivity (Wildman–Crippen MR) is 62.2 cm³/mol. The van der Waals surface area contributed by atoms with Crippen molar-refractivity contribution in [2.45, 2.75) is 13.8 Å². The third-order valence-electron chi connectivity index (χ3n) is 2.22. The number of benzene rings is 1. The van der Waals surface area contributed by atoms with E-state index in [2.05, 4.69) is 35.8 Å². The molecule has 1 aromatic carbocycles. The van der Waals surface area contributed by atoms with Crippen LogP contribution in [0.25, 0.3) is 0 Å². The van der Waals surface area contributed by atoms with E-state index in [9.17, 15) is 0 Å². The van der Waals surface area contributed by atoms with Gasteiger partial charge < -0.3 is 9.80 Å². The fourth-order valence-electron chi connectivity index (χ4n) is 1.56. The second kappa shape index (κ2) is 3.91. The Morgan fingerprint density at radius 3 is 1.21 bits per heavy atom. The van der Waals surface area contributed by atoms with Crippen molar-refractivity contribution in [2.24, 2.45) is 0 Å². The van der Waals surface area contributed by atoms with Crippen LogP contribution in [0.4, 0.5) is 11.4 Å². The number of hydrogen-bond donors (Lipinski definition) is 0. The lowest BCUT2D eigenvalue weighted by molar-refractivity contribution is 1.07. The Kier molecular flexibility index (Phi) is 3.04. The molecule has 2 nitrogen and oxygen atoms in total. The molecule has 0 spiro atoms. The minimum Gasteiger partial charge on any atom is -0.377 e. The first-order chi connectivity index (χ1) is 6.43. The molecule has 0 bridgehead atoms. The van der Waals surface area contributed by atoms with E-state index in [-0.39, 0.29) is 0 Å². The topological polar surface area (TPSA) is 6.48 Å². The number of anilines is 2. The molecule has 0 N–H and O–H groups in total. The maximum atomic E-state index is 3.38. The lowest BCUT2D eigenvalue weighted by Crippen LogP contribution is -2.14. The van der Waals surface area contributed by atoms with Gasteiger partial charge in [0.15, 0.2) is 0 Å². The summed E-state index contributed by atoms with van der Waals surface area (Å²) < 4.78 is 0. The molecule has 0 fully saturated rings. The Labute approximate surface area is 87.1 Å². The van der Waals surface area contributed by atoms with Gasteiger partial charge in [0.25, 0.3) is 0 Å². The molecule has 0 amide bonds. The van der Waals surface area contributed by atoms with E-state index >= 15 is 0 Å². The largest absolute Gasteiger partial charge is 0.377 e. The molecule has 0 aliphatic heterocycles. The van der Waals surface area contributed by atoms with Gasteiger partial charge in [-0.1, -0.05) is 0 Å². The van der Waals surface area contributed by atoms with Crippen LogP contribution < -0.4 is 9.80 Å². The highest BCUT2D eigenvalue weighted by molar-refractivity contribution is 5.63. The molecule has 0 saturated heterocycles. The molecule has 0 aromatic heterocycles. The Morgan fingerprint density at radius 2 is 1.00 bits per heavy atom. The summed E-state index contributed by atoms with van der Waals surface area (Å²) in [6, 6.07) is 6.76. The van der Waals surface area contributed by atoms with E-state index in [1.165, 1.54) is 0 Å². The highest BCUT2D eigenvalue weighted by Crippen LogP contribution is 2.25. The second-order valence-corrected chi connectivity index (χ2v) is 3.99. The Morgan fingerprint density at radius 1 is 0.714 bits per heavy atom. The van der Waals surface area contributed by atoms with Gasteiger partial charge in [0.2, 0.25) is 0 Å². The molecular formula is C12H18N2. The lowest BCUT2D eigenvalue weighted by Gasteiger charge is -2.21. The highest BCUT2D eigenvalue weighted by Gasteiger charge is 2.08. The summed E-state index contributed by atoms with van der Waals surface area (Å²) in [4.78, 5) is 4.14. The normalized spacial score (nSPS) is 10.1. The summed E-state index contributed by atoms with van der Waals surface area (Å²) in [7, 11) is 8.12. The van der Waals surface area contributed by atoms with Gasteiger partial charge in [-0.2, -0.15) is 0 Å². The predicted octanol–water partition coefficient (Wildman–Crippen LogP) is 2.04. The fourth-order valence-corrected chi connectivity index (χ4v) is 1.56. The van der Waals surface area contributed by atoms with Crippen molar-refractivity contribution >= 4 is 11.4 Å². The Balaban J connectivity index is 3.24.